The van der Waals surface area contributed by atoms with Crippen LogP contribution in [0, 0.1) is 5.92 Å². The summed E-state index contributed by atoms with van der Waals surface area (Å²) in [7, 11) is 0. The topological polar surface area (TPSA) is 84.9 Å². The maximum Gasteiger partial charge on any atom is 0.408 e. The highest BCUT2D eigenvalue weighted by Crippen LogP contribution is 2.10. The lowest BCUT2D eigenvalue weighted by Crippen LogP contribution is -2.50. The third kappa shape index (κ3) is 17.3. The van der Waals surface area contributed by atoms with Gasteiger partial charge in [0.15, 0.2) is 6.04 Å². The number of carbonyl (C=O) groups excluding carboxylic acids is 1. The van der Waals surface area contributed by atoms with Gasteiger partial charge in [0, 0.05) is 6.61 Å². The Morgan fingerprint density at radius 3 is 1.92 bits per heavy atom. The fourth-order valence-corrected chi connectivity index (χ4v) is 1.80. The van der Waals surface area contributed by atoms with Gasteiger partial charge in [-0.3, -0.25) is 0 Å². The van der Waals surface area contributed by atoms with E-state index < -0.39 is 29.8 Å². The SMILES string of the molecule is CC.CC.CCCC(C)COC(C)C(NC(=O)OC(C)(C)C)C(=O)O. The van der Waals surface area contributed by atoms with Crippen molar-refractivity contribution in [3.8, 4) is 0 Å². The molecule has 0 aliphatic carbocycles. The molecule has 0 saturated carbocycles. The number of rotatable bonds is 8. The van der Waals surface area contributed by atoms with Crippen molar-refractivity contribution in [1.29, 1.82) is 0 Å². The number of nitrogens with one attached hydrogen (secondary N) is 1. The molecule has 0 aromatic rings. The highest BCUT2D eigenvalue weighted by Gasteiger charge is 2.29. The number of hydrogen-bond acceptors (Lipinski definition) is 4. The van der Waals surface area contributed by atoms with Gasteiger partial charge in [-0.25, -0.2) is 9.59 Å². The molecule has 1 amide bonds. The van der Waals surface area contributed by atoms with Crippen LogP contribution in [0.15, 0.2) is 0 Å². The van der Waals surface area contributed by atoms with Gasteiger partial charge in [-0.1, -0.05) is 48.0 Å². The minimum atomic E-state index is -1.14. The van der Waals surface area contributed by atoms with Crippen LogP contribution in [0.3, 0.4) is 0 Å². The Morgan fingerprint density at radius 2 is 1.56 bits per heavy atom. The number of amides is 1. The van der Waals surface area contributed by atoms with E-state index in [4.69, 9.17) is 9.47 Å². The first-order chi connectivity index (χ1) is 11.6. The second kappa shape index (κ2) is 16.2. The van der Waals surface area contributed by atoms with E-state index in [9.17, 15) is 14.7 Å². The molecule has 6 nitrogen and oxygen atoms in total. The Balaban J connectivity index is -0.00000112. The first-order valence-electron chi connectivity index (χ1n) is 9.40. The van der Waals surface area contributed by atoms with Gasteiger partial charge < -0.3 is 19.9 Å². The highest BCUT2D eigenvalue weighted by molar-refractivity contribution is 5.80. The molecule has 0 aliphatic heterocycles. The molecule has 3 atom stereocenters. The summed E-state index contributed by atoms with van der Waals surface area (Å²) in [6.45, 7) is 19.4. The smallest absolute Gasteiger partial charge is 0.408 e. The van der Waals surface area contributed by atoms with E-state index in [-0.39, 0.29) is 0 Å². The van der Waals surface area contributed by atoms with Crippen molar-refractivity contribution in [2.75, 3.05) is 6.61 Å². The molecule has 25 heavy (non-hydrogen) atoms. The van der Waals surface area contributed by atoms with Gasteiger partial charge in [0.1, 0.15) is 5.60 Å². The highest BCUT2D eigenvalue weighted by atomic mass is 16.6. The Bertz CT molecular complexity index is 339. The summed E-state index contributed by atoms with van der Waals surface area (Å²) in [6, 6.07) is -1.13. The predicted octanol–water partition coefficient (Wildman–Crippen LogP) is 4.86. The molecule has 0 aliphatic rings. The van der Waals surface area contributed by atoms with Crippen LogP contribution in [-0.2, 0) is 14.3 Å². The van der Waals surface area contributed by atoms with Gasteiger partial charge in [-0.2, -0.15) is 0 Å². The fraction of sp³-hybridized carbons (Fsp3) is 0.895. The van der Waals surface area contributed by atoms with Gasteiger partial charge >= 0.3 is 12.1 Å². The van der Waals surface area contributed by atoms with Crippen LogP contribution in [0.5, 0.6) is 0 Å². The Labute approximate surface area is 154 Å². The third-order valence-electron chi connectivity index (χ3n) is 2.83. The fourth-order valence-electron chi connectivity index (χ4n) is 1.80. The number of hydrogen-bond donors (Lipinski definition) is 2. The zero-order valence-electron chi connectivity index (χ0n) is 17.9. The van der Waals surface area contributed by atoms with E-state index >= 15 is 0 Å². The van der Waals surface area contributed by atoms with E-state index in [1.165, 1.54) is 0 Å². The molecule has 3 unspecified atom stereocenters. The monoisotopic (exact) mass is 363 g/mol. The standard InChI is InChI=1S/C15H29NO5.2C2H6/c1-7-8-10(2)9-20-11(3)12(13(17)18)16-14(19)21-15(4,5)6;2*1-2/h10-12H,7-9H2,1-6H3,(H,16,19)(H,17,18);2*1-2H3. The van der Waals surface area contributed by atoms with Crippen molar-refractivity contribution in [3.63, 3.8) is 0 Å². The van der Waals surface area contributed by atoms with Crippen LogP contribution in [-0.4, -0.2) is 41.5 Å². The molecule has 0 saturated heterocycles. The van der Waals surface area contributed by atoms with E-state index in [0.717, 1.165) is 12.8 Å². The largest absolute Gasteiger partial charge is 0.480 e. The van der Waals surface area contributed by atoms with Crippen molar-refractivity contribution < 1.29 is 24.2 Å². The summed E-state index contributed by atoms with van der Waals surface area (Å²) >= 11 is 0. The summed E-state index contributed by atoms with van der Waals surface area (Å²) in [5.74, 6) is -0.787. The lowest BCUT2D eigenvalue weighted by atomic mass is 10.1. The number of carboxylic acids is 1. The molecule has 2 N–H and O–H groups in total. The Morgan fingerprint density at radius 1 is 1.08 bits per heavy atom. The molecule has 0 radical (unpaired) electrons. The zero-order valence-corrected chi connectivity index (χ0v) is 17.9. The summed E-state index contributed by atoms with van der Waals surface area (Å²) in [6.07, 6.45) is 0.683. The van der Waals surface area contributed by atoms with Crippen molar-refractivity contribution in [3.05, 3.63) is 0 Å². The third-order valence-corrected chi connectivity index (χ3v) is 2.83. The summed E-state index contributed by atoms with van der Waals surface area (Å²) in [5, 5.41) is 11.6. The number of ether oxygens (including phenoxy) is 2. The van der Waals surface area contributed by atoms with Crippen molar-refractivity contribution in [2.24, 2.45) is 5.92 Å². The number of alkyl carbamates (subject to hydrolysis) is 1. The van der Waals surface area contributed by atoms with Gasteiger partial charge in [-0.15, -0.1) is 0 Å². The minimum Gasteiger partial charge on any atom is -0.480 e. The maximum absolute atomic E-state index is 11.7. The molecule has 0 bridgehead atoms. The van der Waals surface area contributed by atoms with Gasteiger partial charge in [0.2, 0.25) is 0 Å². The first kappa shape index (κ1) is 28.5. The zero-order chi connectivity index (χ0) is 20.6. The molecular formula is C19H41NO5. The number of aliphatic carboxylic acids is 1. The molecular weight excluding hydrogens is 322 g/mol. The quantitative estimate of drug-likeness (QED) is 0.643. The van der Waals surface area contributed by atoms with Crippen LogP contribution in [0.1, 0.15) is 82.1 Å². The average molecular weight is 364 g/mol. The lowest BCUT2D eigenvalue weighted by Gasteiger charge is -2.25. The van der Waals surface area contributed by atoms with Crippen LogP contribution >= 0.6 is 0 Å². The Kier molecular flexibility index (Phi) is 18.5. The van der Waals surface area contributed by atoms with Crippen LogP contribution in [0.2, 0.25) is 0 Å². The second-order valence-electron chi connectivity index (χ2n) is 6.39. The van der Waals surface area contributed by atoms with Gasteiger partial charge in [0.25, 0.3) is 0 Å². The van der Waals surface area contributed by atoms with E-state index in [2.05, 4.69) is 12.2 Å². The molecule has 6 heteroatoms. The van der Waals surface area contributed by atoms with E-state index in [1.54, 1.807) is 27.7 Å². The van der Waals surface area contributed by atoms with E-state index in [1.807, 2.05) is 34.6 Å². The second-order valence-corrected chi connectivity index (χ2v) is 6.39. The van der Waals surface area contributed by atoms with Crippen LogP contribution in [0.4, 0.5) is 4.79 Å². The van der Waals surface area contributed by atoms with Crippen LogP contribution < -0.4 is 5.32 Å². The molecule has 0 rings (SSSR count). The number of carbonyl (C=O) groups is 2. The van der Waals surface area contributed by atoms with Crippen molar-refractivity contribution >= 4 is 12.1 Å². The normalized spacial score (nSPS) is 13.8. The van der Waals surface area contributed by atoms with Crippen molar-refractivity contribution in [2.45, 2.75) is 99.8 Å². The van der Waals surface area contributed by atoms with Crippen LogP contribution in [0.25, 0.3) is 0 Å². The Hall–Kier alpha value is -1.30. The molecule has 0 aromatic carbocycles. The molecule has 152 valence electrons. The molecule has 0 aromatic heterocycles. The molecule has 0 heterocycles. The summed E-state index contributed by atoms with van der Waals surface area (Å²) < 4.78 is 10.6. The summed E-state index contributed by atoms with van der Waals surface area (Å²) in [4.78, 5) is 22.9. The maximum atomic E-state index is 11.7. The van der Waals surface area contributed by atoms with Gasteiger partial charge in [0.05, 0.1) is 6.10 Å². The van der Waals surface area contributed by atoms with E-state index in [0.29, 0.717) is 12.5 Å². The lowest BCUT2D eigenvalue weighted by molar-refractivity contribution is -0.143. The molecule has 0 fully saturated rings. The molecule has 0 spiro atoms. The van der Waals surface area contributed by atoms with Crippen molar-refractivity contribution in [1.82, 2.24) is 5.32 Å². The predicted molar refractivity (Wildman–Crippen MR) is 103 cm³/mol. The number of carboxylic acid groups (broad SMARTS) is 1. The van der Waals surface area contributed by atoms with Gasteiger partial charge in [-0.05, 0) is 40.0 Å². The first-order valence-corrected chi connectivity index (χ1v) is 9.40. The summed E-state index contributed by atoms with van der Waals surface area (Å²) in [5.41, 5.74) is -0.674. The average Bonchev–Trinajstić information content (AvgIpc) is 2.52. The minimum absolute atomic E-state index is 0.355.